The van der Waals surface area contributed by atoms with Gasteiger partial charge in [0, 0.05) is 27.8 Å². The molecule has 2 saturated carbocycles. The normalized spacial score (nSPS) is 18.7. The second kappa shape index (κ2) is 13.2. The number of benzene rings is 8. The molecule has 2 fully saturated rings. The lowest BCUT2D eigenvalue weighted by Crippen LogP contribution is -2.28. The van der Waals surface area contributed by atoms with Crippen LogP contribution in [0.2, 0.25) is 0 Å². The Bertz CT molecular complexity index is 2920. The molecular weight excluding hydrogens is 703 g/mol. The number of anilines is 3. The highest BCUT2D eigenvalue weighted by Crippen LogP contribution is 2.57. The van der Waals surface area contributed by atoms with Crippen LogP contribution in [0, 0.1) is 11.8 Å². The maximum Gasteiger partial charge on any atom is 0.135 e. The number of para-hydroxylation sites is 1. The van der Waals surface area contributed by atoms with E-state index in [-0.39, 0.29) is 0 Å². The Hall–Kier alpha value is -6.64. The van der Waals surface area contributed by atoms with Gasteiger partial charge in [-0.2, -0.15) is 0 Å². The quantitative estimate of drug-likeness (QED) is 0.162. The highest BCUT2D eigenvalue weighted by Gasteiger charge is 2.46. The molecule has 3 aliphatic rings. The summed E-state index contributed by atoms with van der Waals surface area (Å²) in [5, 5.41) is 2.24. The summed E-state index contributed by atoms with van der Waals surface area (Å²) in [6.45, 7) is 0. The van der Waals surface area contributed by atoms with E-state index < -0.39 is 5.41 Å². The van der Waals surface area contributed by atoms with Crippen LogP contribution in [0.25, 0.3) is 44.2 Å². The lowest BCUT2D eigenvalue weighted by molar-refractivity contribution is 0.420. The average Bonchev–Trinajstić information content (AvgIpc) is 4.09. The summed E-state index contributed by atoms with van der Waals surface area (Å²) >= 11 is 0. The summed E-state index contributed by atoms with van der Waals surface area (Å²) in [4.78, 5) is 2.41. The molecule has 12 rings (SSSR count). The number of furan rings is 1. The van der Waals surface area contributed by atoms with E-state index in [2.05, 4.69) is 193 Å². The molecule has 0 spiro atoms. The van der Waals surface area contributed by atoms with Crippen LogP contribution in [0.1, 0.15) is 59.4 Å². The Morgan fingerprint density at radius 3 is 1.78 bits per heavy atom. The van der Waals surface area contributed by atoms with Crippen molar-refractivity contribution in [2.45, 2.75) is 37.0 Å². The van der Waals surface area contributed by atoms with Gasteiger partial charge in [-0.15, -0.1) is 0 Å². The number of rotatable bonds is 7. The minimum atomic E-state index is -0.443. The van der Waals surface area contributed by atoms with Crippen LogP contribution in [0.4, 0.5) is 17.1 Å². The highest BCUT2D eigenvalue weighted by molar-refractivity contribution is 6.06. The van der Waals surface area contributed by atoms with E-state index in [1.807, 2.05) is 6.07 Å². The minimum Gasteiger partial charge on any atom is -0.456 e. The van der Waals surface area contributed by atoms with Crippen LogP contribution in [0.3, 0.4) is 0 Å². The molecule has 3 unspecified atom stereocenters. The maximum absolute atomic E-state index is 6.31. The summed E-state index contributed by atoms with van der Waals surface area (Å²) in [6.07, 6.45) is 5.67. The fourth-order valence-electron chi connectivity index (χ4n) is 11.3. The molecule has 278 valence electrons. The third-order valence-electron chi connectivity index (χ3n) is 13.9. The van der Waals surface area contributed by atoms with Gasteiger partial charge in [0.2, 0.25) is 0 Å². The maximum atomic E-state index is 6.31. The van der Waals surface area contributed by atoms with Crippen molar-refractivity contribution in [2.24, 2.45) is 11.8 Å². The summed E-state index contributed by atoms with van der Waals surface area (Å²) in [6, 6.07) is 71.8. The number of fused-ring (bicyclic) bond motifs is 8. The van der Waals surface area contributed by atoms with Crippen molar-refractivity contribution in [3.63, 3.8) is 0 Å². The first-order valence-corrected chi connectivity index (χ1v) is 21.0. The topological polar surface area (TPSA) is 16.4 Å². The van der Waals surface area contributed by atoms with E-state index in [0.29, 0.717) is 0 Å². The van der Waals surface area contributed by atoms with Gasteiger partial charge in [0.1, 0.15) is 11.2 Å². The monoisotopic (exact) mass is 745 g/mol. The Morgan fingerprint density at radius 2 is 1.05 bits per heavy atom. The SMILES string of the molecule is c1ccc(C2(c3ccccc3)c3ccccc3-c3cc(N(c4ccc(-c5ccc(C6CC7CCC6C7)cc5)cc4)c4ccc5oc6ccccc6c5c4)ccc32)cc1. The molecule has 3 aliphatic carbocycles. The van der Waals surface area contributed by atoms with Crippen molar-refractivity contribution in [2.75, 3.05) is 4.90 Å². The zero-order valence-corrected chi connectivity index (χ0v) is 32.4. The van der Waals surface area contributed by atoms with Gasteiger partial charge in [0.25, 0.3) is 0 Å². The van der Waals surface area contributed by atoms with Crippen LogP contribution in [0.5, 0.6) is 0 Å². The van der Waals surface area contributed by atoms with Gasteiger partial charge in [-0.1, -0.05) is 152 Å². The van der Waals surface area contributed by atoms with Crippen molar-refractivity contribution in [3.05, 3.63) is 222 Å². The molecule has 58 heavy (non-hydrogen) atoms. The van der Waals surface area contributed by atoms with Crippen molar-refractivity contribution < 1.29 is 4.42 Å². The Labute approximate surface area is 340 Å². The molecule has 2 bridgehead atoms. The molecule has 0 N–H and O–H groups in total. The number of hydrogen-bond acceptors (Lipinski definition) is 2. The second-order valence-electron chi connectivity index (χ2n) is 16.8. The summed E-state index contributed by atoms with van der Waals surface area (Å²) < 4.78 is 6.31. The number of hydrogen-bond donors (Lipinski definition) is 0. The zero-order chi connectivity index (χ0) is 38.2. The molecule has 0 radical (unpaired) electrons. The first kappa shape index (κ1) is 33.5. The molecule has 2 heteroatoms. The second-order valence-corrected chi connectivity index (χ2v) is 16.8. The zero-order valence-electron chi connectivity index (χ0n) is 32.4. The molecule has 1 heterocycles. The first-order chi connectivity index (χ1) is 28.7. The predicted molar refractivity (Wildman–Crippen MR) is 239 cm³/mol. The van der Waals surface area contributed by atoms with Crippen molar-refractivity contribution in [3.8, 4) is 22.3 Å². The highest BCUT2D eigenvalue weighted by atomic mass is 16.3. The summed E-state index contributed by atoms with van der Waals surface area (Å²) in [5.74, 6) is 2.59. The molecule has 3 atom stereocenters. The Morgan fingerprint density at radius 1 is 0.448 bits per heavy atom. The van der Waals surface area contributed by atoms with Crippen molar-refractivity contribution in [1.82, 2.24) is 0 Å². The lowest BCUT2D eigenvalue weighted by atomic mass is 9.68. The van der Waals surface area contributed by atoms with Crippen LogP contribution in [-0.2, 0) is 5.41 Å². The van der Waals surface area contributed by atoms with Gasteiger partial charge in [0.15, 0.2) is 0 Å². The molecule has 8 aromatic carbocycles. The van der Waals surface area contributed by atoms with E-state index in [4.69, 9.17) is 4.42 Å². The van der Waals surface area contributed by atoms with Crippen LogP contribution in [-0.4, -0.2) is 0 Å². The predicted octanol–water partition coefficient (Wildman–Crippen LogP) is 15.0. The fourth-order valence-corrected chi connectivity index (χ4v) is 11.3. The average molecular weight is 746 g/mol. The van der Waals surface area contributed by atoms with Crippen molar-refractivity contribution in [1.29, 1.82) is 0 Å². The van der Waals surface area contributed by atoms with Crippen LogP contribution < -0.4 is 4.90 Å². The third-order valence-corrected chi connectivity index (χ3v) is 13.9. The van der Waals surface area contributed by atoms with E-state index in [0.717, 1.165) is 56.8 Å². The third kappa shape index (κ3) is 5.11. The Kier molecular flexibility index (Phi) is 7.63. The van der Waals surface area contributed by atoms with Gasteiger partial charge < -0.3 is 9.32 Å². The molecule has 0 amide bonds. The minimum absolute atomic E-state index is 0.443. The van der Waals surface area contributed by atoms with Gasteiger partial charge >= 0.3 is 0 Å². The molecule has 2 nitrogen and oxygen atoms in total. The van der Waals surface area contributed by atoms with E-state index in [1.165, 1.54) is 75.8 Å². The Balaban J connectivity index is 1.00. The van der Waals surface area contributed by atoms with Crippen LogP contribution in [0.15, 0.2) is 199 Å². The van der Waals surface area contributed by atoms with Gasteiger partial charge in [-0.3, -0.25) is 0 Å². The van der Waals surface area contributed by atoms with Gasteiger partial charge in [0.05, 0.1) is 5.41 Å². The van der Waals surface area contributed by atoms with Gasteiger partial charge in [-0.25, -0.2) is 0 Å². The molecular formula is C56H43NO. The summed E-state index contributed by atoms with van der Waals surface area (Å²) in [5.41, 5.74) is 16.4. The van der Waals surface area contributed by atoms with E-state index in [9.17, 15) is 0 Å². The largest absolute Gasteiger partial charge is 0.456 e. The molecule has 1 aromatic heterocycles. The molecule has 9 aromatic rings. The van der Waals surface area contributed by atoms with E-state index in [1.54, 1.807) is 0 Å². The van der Waals surface area contributed by atoms with E-state index >= 15 is 0 Å². The first-order valence-electron chi connectivity index (χ1n) is 21.0. The van der Waals surface area contributed by atoms with Crippen molar-refractivity contribution >= 4 is 39.0 Å². The molecule has 0 saturated heterocycles. The summed E-state index contributed by atoms with van der Waals surface area (Å²) in [7, 11) is 0. The standard InChI is InChI=1S/C56H43NO/c1-3-11-42(12-4-1)56(43-13-5-2-6-14-43)52-17-9-7-15-47(52)50-35-45(29-31-53(50)56)57(46-30-32-55-51(36-46)48-16-8-10-18-54(48)58-55)44-27-25-39(26-28-44)38-21-23-40(24-22-38)49-34-37-19-20-41(49)33-37/h1-18,21-32,35-37,41,49H,19-20,33-34H2. The smallest absolute Gasteiger partial charge is 0.135 e. The lowest BCUT2D eigenvalue weighted by Gasteiger charge is -2.34. The fraction of sp³-hybridized carbons (Fsp3) is 0.143. The molecule has 0 aliphatic heterocycles. The van der Waals surface area contributed by atoms with Crippen LogP contribution >= 0.6 is 0 Å². The number of nitrogens with zero attached hydrogens (tertiary/aromatic N) is 1. The van der Waals surface area contributed by atoms with Gasteiger partial charge in [-0.05, 0) is 136 Å².